The predicted octanol–water partition coefficient (Wildman–Crippen LogP) is 1.25. The molecule has 2 aliphatic heterocycles. The molecule has 33 heavy (non-hydrogen) atoms. The van der Waals surface area contributed by atoms with Crippen molar-refractivity contribution in [3.05, 3.63) is 69.5 Å². The zero-order chi connectivity index (χ0) is 23.5. The molecule has 2 aromatic rings. The number of nitro groups is 1. The molecule has 1 N–H and O–H groups in total. The molecule has 0 atom stereocenters. The molecular weight excluding hydrogens is 430 g/mol. The molecule has 4 amide bonds. The third kappa shape index (κ3) is 4.56. The first-order valence-corrected chi connectivity index (χ1v) is 10.5. The highest BCUT2D eigenvalue weighted by Crippen LogP contribution is 2.27. The van der Waals surface area contributed by atoms with Crippen LogP contribution >= 0.6 is 0 Å². The number of aromatic nitrogens is 1. The van der Waals surface area contributed by atoms with E-state index in [-0.39, 0.29) is 34.5 Å². The fourth-order valence-electron chi connectivity index (χ4n) is 3.99. The SMILES string of the molecule is O=C(NCC1CCN(C(=O)CN2C(=O)c3ccc([N+](=O)[O-])cc3C2=O)CC1)c1cccnc1. The number of likely N-dealkylation sites (tertiary alicyclic amines) is 1. The number of nitrogens with one attached hydrogen (secondary N) is 1. The van der Waals surface area contributed by atoms with E-state index in [1.165, 1.54) is 12.3 Å². The third-order valence-electron chi connectivity index (χ3n) is 5.90. The molecule has 4 rings (SSSR count). The van der Waals surface area contributed by atoms with Gasteiger partial charge >= 0.3 is 0 Å². The van der Waals surface area contributed by atoms with Gasteiger partial charge in [-0.2, -0.15) is 0 Å². The van der Waals surface area contributed by atoms with Crippen molar-refractivity contribution in [1.82, 2.24) is 20.1 Å². The Balaban J connectivity index is 1.29. The van der Waals surface area contributed by atoms with E-state index in [0.29, 0.717) is 38.0 Å². The highest BCUT2D eigenvalue weighted by atomic mass is 16.6. The minimum absolute atomic E-state index is 0.0569. The summed E-state index contributed by atoms with van der Waals surface area (Å²) in [4.78, 5) is 66.6. The van der Waals surface area contributed by atoms with Crippen LogP contribution in [0.4, 0.5) is 5.69 Å². The number of pyridine rings is 1. The zero-order valence-electron chi connectivity index (χ0n) is 17.6. The summed E-state index contributed by atoms with van der Waals surface area (Å²) >= 11 is 0. The number of benzene rings is 1. The number of fused-ring (bicyclic) bond motifs is 1. The average Bonchev–Trinajstić information content (AvgIpc) is 3.07. The summed E-state index contributed by atoms with van der Waals surface area (Å²) in [5.41, 5.74) is 0.184. The molecular formula is C22H21N5O6. The Morgan fingerprint density at radius 2 is 1.85 bits per heavy atom. The lowest BCUT2D eigenvalue weighted by Crippen LogP contribution is -2.46. The van der Waals surface area contributed by atoms with E-state index in [2.05, 4.69) is 10.3 Å². The van der Waals surface area contributed by atoms with Crippen LogP contribution in [0.2, 0.25) is 0 Å². The smallest absolute Gasteiger partial charge is 0.270 e. The Labute approximate surface area is 188 Å². The summed E-state index contributed by atoms with van der Waals surface area (Å²) in [7, 11) is 0. The van der Waals surface area contributed by atoms with Gasteiger partial charge in [0.2, 0.25) is 5.91 Å². The normalized spacial score (nSPS) is 16.0. The maximum Gasteiger partial charge on any atom is 0.270 e. The molecule has 3 heterocycles. The zero-order valence-corrected chi connectivity index (χ0v) is 17.6. The maximum atomic E-state index is 12.7. The van der Waals surface area contributed by atoms with Crippen molar-refractivity contribution in [2.24, 2.45) is 5.92 Å². The molecule has 0 aliphatic carbocycles. The van der Waals surface area contributed by atoms with Gasteiger partial charge in [0.1, 0.15) is 6.54 Å². The summed E-state index contributed by atoms with van der Waals surface area (Å²) in [6.45, 7) is 0.956. The molecule has 0 unspecified atom stereocenters. The minimum Gasteiger partial charge on any atom is -0.352 e. The van der Waals surface area contributed by atoms with Crippen molar-refractivity contribution in [1.29, 1.82) is 0 Å². The van der Waals surface area contributed by atoms with Gasteiger partial charge in [-0.25, -0.2) is 0 Å². The van der Waals surface area contributed by atoms with Gasteiger partial charge in [0, 0.05) is 44.2 Å². The first-order chi connectivity index (χ1) is 15.8. The lowest BCUT2D eigenvalue weighted by atomic mass is 9.96. The number of nitro benzene ring substituents is 1. The van der Waals surface area contributed by atoms with Crippen molar-refractivity contribution in [2.75, 3.05) is 26.2 Å². The molecule has 1 aromatic heterocycles. The number of rotatable bonds is 6. The molecule has 0 saturated carbocycles. The standard InChI is InChI=1S/C22H21N5O6/c28-19(13-26-21(30)17-4-3-16(27(32)33)10-18(17)22(26)31)25-8-5-14(6-9-25)11-24-20(29)15-2-1-7-23-12-15/h1-4,7,10,12,14H,5-6,8-9,11,13H2,(H,24,29). The van der Waals surface area contributed by atoms with Gasteiger partial charge in [-0.05, 0) is 37.0 Å². The van der Waals surface area contributed by atoms with Gasteiger partial charge in [0.05, 0.1) is 21.6 Å². The van der Waals surface area contributed by atoms with Crippen LogP contribution in [-0.4, -0.2) is 69.5 Å². The van der Waals surface area contributed by atoms with Crippen LogP contribution in [0.3, 0.4) is 0 Å². The summed E-state index contributed by atoms with van der Waals surface area (Å²) in [6, 6.07) is 6.83. The first-order valence-electron chi connectivity index (χ1n) is 10.5. The molecule has 11 nitrogen and oxygen atoms in total. The summed E-state index contributed by atoms with van der Waals surface area (Å²) in [6.07, 6.45) is 4.43. The molecule has 0 bridgehead atoms. The Morgan fingerprint density at radius 1 is 1.12 bits per heavy atom. The van der Waals surface area contributed by atoms with Gasteiger partial charge in [-0.15, -0.1) is 0 Å². The second-order valence-corrected chi connectivity index (χ2v) is 7.96. The van der Waals surface area contributed by atoms with Crippen LogP contribution < -0.4 is 5.32 Å². The molecule has 1 fully saturated rings. The number of hydrogen-bond donors (Lipinski definition) is 1. The fraction of sp³-hybridized carbons (Fsp3) is 0.318. The van der Waals surface area contributed by atoms with Gasteiger partial charge in [-0.3, -0.25) is 39.2 Å². The number of carbonyl (C=O) groups is 4. The number of nitrogens with zero attached hydrogens (tertiary/aromatic N) is 4. The summed E-state index contributed by atoms with van der Waals surface area (Å²) < 4.78 is 0. The summed E-state index contributed by atoms with van der Waals surface area (Å²) in [5.74, 6) is -1.70. The third-order valence-corrected chi connectivity index (χ3v) is 5.90. The van der Waals surface area contributed by atoms with Crippen molar-refractivity contribution >= 4 is 29.3 Å². The van der Waals surface area contributed by atoms with E-state index < -0.39 is 23.3 Å². The Hall–Kier alpha value is -4.15. The van der Waals surface area contributed by atoms with Crippen LogP contribution in [0.1, 0.15) is 43.9 Å². The maximum absolute atomic E-state index is 12.7. The van der Waals surface area contributed by atoms with Crippen molar-refractivity contribution < 1.29 is 24.1 Å². The summed E-state index contributed by atoms with van der Waals surface area (Å²) in [5, 5.41) is 13.8. The van der Waals surface area contributed by atoms with E-state index in [4.69, 9.17) is 0 Å². The van der Waals surface area contributed by atoms with E-state index in [1.54, 1.807) is 23.2 Å². The van der Waals surface area contributed by atoms with Gasteiger partial charge in [-0.1, -0.05) is 0 Å². The van der Waals surface area contributed by atoms with E-state index in [9.17, 15) is 29.3 Å². The Morgan fingerprint density at radius 3 is 2.52 bits per heavy atom. The van der Waals surface area contributed by atoms with Gasteiger partial charge < -0.3 is 10.2 Å². The largest absolute Gasteiger partial charge is 0.352 e. The minimum atomic E-state index is -0.708. The number of carbonyl (C=O) groups excluding carboxylic acids is 4. The van der Waals surface area contributed by atoms with Crippen LogP contribution in [0, 0.1) is 16.0 Å². The monoisotopic (exact) mass is 451 g/mol. The molecule has 1 saturated heterocycles. The highest BCUT2D eigenvalue weighted by Gasteiger charge is 2.38. The highest BCUT2D eigenvalue weighted by molar-refractivity contribution is 6.22. The second kappa shape index (κ2) is 9.15. The molecule has 170 valence electrons. The predicted molar refractivity (Wildman–Crippen MR) is 114 cm³/mol. The molecule has 0 radical (unpaired) electrons. The Bertz CT molecular complexity index is 1130. The number of amides is 4. The first kappa shape index (κ1) is 22.1. The number of hydrogen-bond acceptors (Lipinski definition) is 7. The van der Waals surface area contributed by atoms with Gasteiger partial charge in [0.25, 0.3) is 23.4 Å². The van der Waals surface area contributed by atoms with Crippen molar-refractivity contribution in [3.63, 3.8) is 0 Å². The average molecular weight is 451 g/mol. The van der Waals surface area contributed by atoms with E-state index in [0.717, 1.165) is 17.0 Å². The van der Waals surface area contributed by atoms with Crippen molar-refractivity contribution in [3.8, 4) is 0 Å². The second-order valence-electron chi connectivity index (χ2n) is 7.96. The lowest BCUT2D eigenvalue weighted by Gasteiger charge is -2.32. The topological polar surface area (TPSA) is 143 Å². The molecule has 11 heteroatoms. The van der Waals surface area contributed by atoms with Crippen LogP contribution in [-0.2, 0) is 4.79 Å². The van der Waals surface area contributed by atoms with Crippen molar-refractivity contribution in [2.45, 2.75) is 12.8 Å². The van der Waals surface area contributed by atoms with Crippen LogP contribution in [0.5, 0.6) is 0 Å². The van der Waals surface area contributed by atoms with Crippen LogP contribution in [0.25, 0.3) is 0 Å². The lowest BCUT2D eigenvalue weighted by molar-refractivity contribution is -0.384. The number of imide groups is 1. The van der Waals surface area contributed by atoms with E-state index >= 15 is 0 Å². The number of non-ortho nitro benzene ring substituents is 1. The fourth-order valence-corrected chi connectivity index (χ4v) is 3.99. The Kier molecular flexibility index (Phi) is 6.11. The molecule has 1 aromatic carbocycles. The van der Waals surface area contributed by atoms with Gasteiger partial charge in [0.15, 0.2) is 0 Å². The quantitative estimate of drug-likeness (QED) is 0.396. The number of piperidine rings is 1. The molecule has 0 spiro atoms. The van der Waals surface area contributed by atoms with E-state index in [1.807, 2.05) is 0 Å². The molecule has 2 aliphatic rings. The van der Waals surface area contributed by atoms with Crippen LogP contribution in [0.15, 0.2) is 42.7 Å².